The second-order valence-corrected chi connectivity index (χ2v) is 7.90. The second kappa shape index (κ2) is 11.5. The third kappa shape index (κ3) is 6.71. The zero-order chi connectivity index (χ0) is 26.2. The number of benzene rings is 3. The number of ether oxygens (including phenoxy) is 1. The first-order valence-electron chi connectivity index (χ1n) is 11.2. The van der Waals surface area contributed by atoms with E-state index in [1.807, 2.05) is 30.3 Å². The molecule has 1 heterocycles. The van der Waals surface area contributed by atoms with Gasteiger partial charge in [-0.25, -0.2) is 0 Å². The minimum atomic E-state index is -0.781. The van der Waals surface area contributed by atoms with Crippen molar-refractivity contribution in [3.63, 3.8) is 0 Å². The van der Waals surface area contributed by atoms with Crippen LogP contribution in [0.2, 0.25) is 0 Å². The Labute approximate surface area is 212 Å². The van der Waals surface area contributed by atoms with E-state index in [1.165, 1.54) is 18.2 Å². The Balaban J connectivity index is 1.41. The van der Waals surface area contributed by atoms with Crippen LogP contribution in [0.4, 0.5) is 17.2 Å². The summed E-state index contributed by atoms with van der Waals surface area (Å²) in [6, 6.07) is 24.8. The van der Waals surface area contributed by atoms with Crippen LogP contribution in [-0.4, -0.2) is 27.0 Å². The maximum atomic E-state index is 12.5. The number of carbonyl (C=O) groups excluding carboxylic acids is 1. The van der Waals surface area contributed by atoms with Gasteiger partial charge >= 0.3 is 5.97 Å². The predicted octanol–water partition coefficient (Wildman–Crippen LogP) is 4.11. The first kappa shape index (κ1) is 24.9. The molecule has 0 spiro atoms. The highest BCUT2D eigenvalue weighted by atomic mass is 16.6. The van der Waals surface area contributed by atoms with E-state index in [1.54, 1.807) is 42.5 Å². The van der Waals surface area contributed by atoms with E-state index in [-0.39, 0.29) is 23.8 Å². The van der Waals surface area contributed by atoms with Crippen LogP contribution < -0.4 is 21.5 Å². The van der Waals surface area contributed by atoms with Gasteiger partial charge < -0.3 is 21.5 Å². The SMILES string of the molecule is NC(=Nc1ccc(-c2ccccc2)nn1)Nc1ccccc1OC(=O)CC(N)c1cccc([N+](=O)[O-])c1. The summed E-state index contributed by atoms with van der Waals surface area (Å²) in [4.78, 5) is 27.2. The van der Waals surface area contributed by atoms with Crippen molar-refractivity contribution in [2.24, 2.45) is 16.5 Å². The standard InChI is InChI=1S/C26H23N7O4/c27-20(18-9-6-10-19(15-18)33(35)36)16-25(34)37-23-12-5-4-11-22(23)29-26(28)30-24-14-13-21(31-32-24)17-7-2-1-3-8-17/h1-15,20H,16,27H2,(H3,28,29,30,32). The normalized spacial score (nSPS) is 12.0. The molecule has 0 saturated carbocycles. The molecule has 0 aliphatic rings. The number of guanidine groups is 1. The number of anilines is 1. The molecule has 0 aliphatic carbocycles. The molecule has 37 heavy (non-hydrogen) atoms. The quantitative estimate of drug-likeness (QED) is 0.0809. The van der Waals surface area contributed by atoms with Crippen molar-refractivity contribution in [2.75, 3.05) is 5.32 Å². The van der Waals surface area contributed by atoms with E-state index in [0.717, 1.165) is 5.56 Å². The molecule has 1 unspecified atom stereocenters. The average molecular weight is 498 g/mol. The highest BCUT2D eigenvalue weighted by Gasteiger charge is 2.17. The molecule has 5 N–H and O–H groups in total. The maximum Gasteiger partial charge on any atom is 0.313 e. The van der Waals surface area contributed by atoms with Gasteiger partial charge in [-0.3, -0.25) is 14.9 Å². The van der Waals surface area contributed by atoms with Gasteiger partial charge in [0.05, 0.1) is 22.7 Å². The summed E-state index contributed by atoms with van der Waals surface area (Å²) in [7, 11) is 0. The molecular formula is C26H23N7O4. The molecule has 4 rings (SSSR count). The largest absolute Gasteiger partial charge is 0.424 e. The van der Waals surface area contributed by atoms with E-state index in [4.69, 9.17) is 16.2 Å². The minimum Gasteiger partial charge on any atom is -0.424 e. The van der Waals surface area contributed by atoms with E-state index < -0.39 is 16.9 Å². The Kier molecular flexibility index (Phi) is 7.76. The van der Waals surface area contributed by atoms with Crippen molar-refractivity contribution in [2.45, 2.75) is 12.5 Å². The lowest BCUT2D eigenvalue weighted by Crippen LogP contribution is -2.23. The zero-order valence-corrected chi connectivity index (χ0v) is 19.5. The van der Waals surface area contributed by atoms with Crippen molar-refractivity contribution < 1.29 is 14.5 Å². The van der Waals surface area contributed by atoms with Gasteiger partial charge in [-0.05, 0) is 29.8 Å². The molecule has 0 saturated heterocycles. The fourth-order valence-electron chi connectivity index (χ4n) is 3.43. The van der Waals surface area contributed by atoms with Crippen LogP contribution in [0.15, 0.2) is 96.0 Å². The molecule has 0 fully saturated rings. The van der Waals surface area contributed by atoms with Crippen LogP contribution in [0.25, 0.3) is 11.3 Å². The van der Waals surface area contributed by atoms with Gasteiger partial charge in [-0.1, -0.05) is 54.6 Å². The summed E-state index contributed by atoms with van der Waals surface area (Å²) in [6.07, 6.45) is -0.192. The first-order valence-corrected chi connectivity index (χ1v) is 11.2. The van der Waals surface area contributed by atoms with E-state index in [0.29, 0.717) is 22.8 Å². The smallest absolute Gasteiger partial charge is 0.313 e. The van der Waals surface area contributed by atoms with Gasteiger partial charge in [-0.15, -0.1) is 10.2 Å². The van der Waals surface area contributed by atoms with Gasteiger partial charge in [0.25, 0.3) is 5.69 Å². The summed E-state index contributed by atoms with van der Waals surface area (Å²) in [6.45, 7) is 0. The van der Waals surface area contributed by atoms with Crippen LogP contribution >= 0.6 is 0 Å². The molecule has 186 valence electrons. The Morgan fingerprint density at radius 1 is 1.00 bits per heavy atom. The number of esters is 1. The Bertz CT molecular complexity index is 1430. The predicted molar refractivity (Wildman–Crippen MR) is 139 cm³/mol. The lowest BCUT2D eigenvalue weighted by atomic mass is 10.0. The number of nitrogens with one attached hydrogen (secondary N) is 1. The lowest BCUT2D eigenvalue weighted by Gasteiger charge is -2.14. The average Bonchev–Trinajstić information content (AvgIpc) is 2.90. The number of non-ortho nitro benzene ring substituents is 1. The molecule has 3 aromatic carbocycles. The number of aliphatic imine (C=N–C) groups is 1. The molecule has 1 atom stereocenters. The summed E-state index contributed by atoms with van der Waals surface area (Å²) >= 11 is 0. The van der Waals surface area contributed by atoms with Gasteiger partial charge in [0.1, 0.15) is 0 Å². The summed E-state index contributed by atoms with van der Waals surface area (Å²) < 4.78 is 5.48. The molecule has 0 amide bonds. The molecule has 11 nitrogen and oxygen atoms in total. The Hall–Kier alpha value is -5.16. The number of nitrogens with two attached hydrogens (primary N) is 2. The van der Waals surface area contributed by atoms with Gasteiger partial charge in [-0.2, -0.15) is 4.99 Å². The van der Waals surface area contributed by atoms with Crippen LogP contribution in [0, 0.1) is 10.1 Å². The molecular weight excluding hydrogens is 474 g/mol. The van der Waals surface area contributed by atoms with Crippen molar-refractivity contribution in [3.05, 3.63) is 107 Å². The number of nitrogens with zero attached hydrogens (tertiary/aromatic N) is 4. The lowest BCUT2D eigenvalue weighted by molar-refractivity contribution is -0.384. The summed E-state index contributed by atoms with van der Waals surface area (Å²) in [5.74, 6) is -0.103. The monoisotopic (exact) mass is 497 g/mol. The van der Waals surface area contributed by atoms with Gasteiger partial charge in [0.15, 0.2) is 17.5 Å². The molecule has 4 aromatic rings. The van der Waals surface area contributed by atoms with E-state index >= 15 is 0 Å². The number of nitro benzene ring substituents is 1. The third-order valence-electron chi connectivity index (χ3n) is 5.22. The maximum absolute atomic E-state index is 12.5. The Morgan fingerprint density at radius 2 is 1.76 bits per heavy atom. The summed E-state index contributed by atoms with van der Waals surface area (Å²) in [5, 5.41) is 22.1. The van der Waals surface area contributed by atoms with Gasteiger partial charge in [0.2, 0.25) is 0 Å². The number of aromatic nitrogens is 2. The van der Waals surface area contributed by atoms with Gasteiger partial charge in [0, 0.05) is 23.7 Å². The van der Waals surface area contributed by atoms with E-state index in [2.05, 4.69) is 20.5 Å². The molecule has 0 radical (unpaired) electrons. The summed E-state index contributed by atoms with van der Waals surface area (Å²) in [5.41, 5.74) is 14.5. The van der Waals surface area contributed by atoms with Crippen molar-refractivity contribution in [3.8, 4) is 17.0 Å². The third-order valence-corrected chi connectivity index (χ3v) is 5.22. The fourth-order valence-corrected chi connectivity index (χ4v) is 3.43. The molecule has 0 aliphatic heterocycles. The van der Waals surface area contributed by atoms with Crippen molar-refractivity contribution in [1.82, 2.24) is 10.2 Å². The van der Waals surface area contributed by atoms with Crippen LogP contribution in [0.3, 0.4) is 0 Å². The van der Waals surface area contributed by atoms with Crippen LogP contribution in [-0.2, 0) is 4.79 Å². The van der Waals surface area contributed by atoms with Crippen LogP contribution in [0.1, 0.15) is 18.0 Å². The highest BCUT2D eigenvalue weighted by molar-refractivity contribution is 5.95. The minimum absolute atomic E-state index is 0.0126. The zero-order valence-electron chi connectivity index (χ0n) is 19.5. The number of hydrogen-bond acceptors (Lipinski definition) is 8. The number of hydrogen-bond donors (Lipinski definition) is 3. The number of carbonyl (C=O) groups is 1. The number of nitro groups is 1. The Morgan fingerprint density at radius 3 is 2.49 bits per heavy atom. The topological polar surface area (TPSA) is 172 Å². The van der Waals surface area contributed by atoms with Crippen molar-refractivity contribution in [1.29, 1.82) is 0 Å². The molecule has 0 bridgehead atoms. The van der Waals surface area contributed by atoms with Crippen molar-refractivity contribution >= 4 is 29.1 Å². The number of rotatable bonds is 8. The first-order chi connectivity index (χ1) is 17.9. The second-order valence-electron chi connectivity index (χ2n) is 7.90. The number of para-hydroxylation sites is 2. The van der Waals surface area contributed by atoms with Crippen LogP contribution in [0.5, 0.6) is 5.75 Å². The fraction of sp³-hybridized carbons (Fsp3) is 0.0769. The molecule has 1 aromatic heterocycles. The highest BCUT2D eigenvalue weighted by Crippen LogP contribution is 2.26. The molecule has 11 heteroatoms. The van der Waals surface area contributed by atoms with E-state index in [9.17, 15) is 14.9 Å².